The van der Waals surface area contributed by atoms with E-state index in [1.165, 1.54) is 0 Å². The van der Waals surface area contributed by atoms with Gasteiger partial charge in [-0.05, 0) is 55.7 Å². The molecule has 6 nitrogen and oxygen atoms in total. The fraction of sp³-hybridized carbons (Fsp3) is 0.333. The van der Waals surface area contributed by atoms with Crippen molar-refractivity contribution in [2.75, 3.05) is 13.2 Å². The van der Waals surface area contributed by atoms with Crippen LogP contribution in [-0.2, 0) is 9.59 Å². The topological polar surface area (TPSA) is 76.7 Å². The van der Waals surface area contributed by atoms with Crippen LogP contribution in [0.25, 0.3) is 0 Å². The van der Waals surface area contributed by atoms with Crippen LogP contribution in [0.3, 0.4) is 0 Å². The van der Waals surface area contributed by atoms with E-state index in [0.29, 0.717) is 45.8 Å². The van der Waals surface area contributed by atoms with E-state index in [0.717, 1.165) is 0 Å². The fourth-order valence-electron chi connectivity index (χ4n) is 4.11. The molecule has 0 unspecified atom stereocenters. The van der Waals surface area contributed by atoms with Crippen molar-refractivity contribution in [2.24, 2.45) is 0 Å². The second-order valence-corrected chi connectivity index (χ2v) is 9.05. The summed E-state index contributed by atoms with van der Waals surface area (Å²) >= 11 is 17.6. The monoisotopic (exact) mass is 468 g/mol. The minimum atomic E-state index is -0.262. The highest BCUT2D eigenvalue weighted by Crippen LogP contribution is 2.60. The Morgan fingerprint density at radius 2 is 1.27 bits per heavy atom. The Hall–Kier alpha value is -2.15. The van der Waals surface area contributed by atoms with Crippen molar-refractivity contribution in [1.29, 1.82) is 0 Å². The summed E-state index contributed by atoms with van der Waals surface area (Å²) in [5.41, 5.74) is -0.513. The SMILES string of the molecule is O=C(COc1ccc(Cl)cc1)NC12CC(NC(=O)COc3ccc(Cl)c(Cl)c3)(C1)C2. The van der Waals surface area contributed by atoms with Crippen LogP contribution in [0.5, 0.6) is 11.5 Å². The van der Waals surface area contributed by atoms with Gasteiger partial charge in [0, 0.05) is 22.2 Å². The molecule has 0 heterocycles. The van der Waals surface area contributed by atoms with Crippen molar-refractivity contribution >= 4 is 46.6 Å². The summed E-state index contributed by atoms with van der Waals surface area (Å²) in [4.78, 5) is 24.4. The summed E-state index contributed by atoms with van der Waals surface area (Å²) in [5, 5.41) is 7.40. The molecular formula is C21H19Cl3N2O4. The average molecular weight is 470 g/mol. The Labute approximate surface area is 188 Å². The van der Waals surface area contributed by atoms with Gasteiger partial charge in [0.2, 0.25) is 0 Å². The highest BCUT2D eigenvalue weighted by atomic mass is 35.5. The van der Waals surface area contributed by atoms with Gasteiger partial charge >= 0.3 is 0 Å². The first-order chi connectivity index (χ1) is 14.3. The highest BCUT2D eigenvalue weighted by molar-refractivity contribution is 6.42. The van der Waals surface area contributed by atoms with Crippen LogP contribution in [0, 0.1) is 0 Å². The lowest BCUT2D eigenvalue weighted by atomic mass is 9.44. The van der Waals surface area contributed by atoms with Crippen molar-refractivity contribution in [2.45, 2.75) is 30.3 Å². The molecule has 3 fully saturated rings. The number of nitrogens with one attached hydrogen (secondary N) is 2. The van der Waals surface area contributed by atoms with E-state index in [1.807, 2.05) is 0 Å². The predicted molar refractivity (Wildman–Crippen MR) is 115 cm³/mol. The van der Waals surface area contributed by atoms with E-state index < -0.39 is 0 Å². The molecule has 30 heavy (non-hydrogen) atoms. The van der Waals surface area contributed by atoms with E-state index >= 15 is 0 Å². The lowest BCUT2D eigenvalue weighted by Crippen LogP contribution is -2.84. The second-order valence-electron chi connectivity index (χ2n) is 7.79. The molecule has 3 saturated carbocycles. The first-order valence-corrected chi connectivity index (χ1v) is 10.5. The number of halogens is 3. The van der Waals surface area contributed by atoms with Gasteiger partial charge in [0.15, 0.2) is 13.2 Å². The Morgan fingerprint density at radius 3 is 1.80 bits per heavy atom. The van der Waals surface area contributed by atoms with Crippen molar-refractivity contribution < 1.29 is 19.1 Å². The van der Waals surface area contributed by atoms with Crippen LogP contribution in [0.15, 0.2) is 42.5 Å². The van der Waals surface area contributed by atoms with E-state index in [4.69, 9.17) is 44.3 Å². The minimum Gasteiger partial charge on any atom is -0.484 e. The van der Waals surface area contributed by atoms with Gasteiger partial charge < -0.3 is 20.1 Å². The van der Waals surface area contributed by atoms with Crippen LogP contribution in [-0.4, -0.2) is 36.1 Å². The number of benzene rings is 2. The zero-order chi connectivity index (χ0) is 21.4. The maximum atomic E-state index is 12.2. The van der Waals surface area contributed by atoms with E-state index in [1.54, 1.807) is 42.5 Å². The Morgan fingerprint density at radius 1 is 0.767 bits per heavy atom. The van der Waals surface area contributed by atoms with Crippen molar-refractivity contribution in [1.82, 2.24) is 10.6 Å². The molecule has 0 atom stereocenters. The van der Waals surface area contributed by atoms with Gasteiger partial charge in [0.05, 0.1) is 10.0 Å². The summed E-state index contributed by atoms with van der Waals surface area (Å²) in [7, 11) is 0. The fourth-order valence-corrected chi connectivity index (χ4v) is 4.53. The number of ether oxygens (including phenoxy) is 2. The Balaban J connectivity index is 1.17. The van der Waals surface area contributed by atoms with Gasteiger partial charge in [-0.2, -0.15) is 0 Å². The van der Waals surface area contributed by atoms with Gasteiger partial charge in [0.25, 0.3) is 11.8 Å². The molecule has 2 aromatic rings. The molecule has 5 rings (SSSR count). The van der Waals surface area contributed by atoms with Crippen LogP contribution >= 0.6 is 34.8 Å². The summed E-state index contributed by atoms with van der Waals surface area (Å²) < 4.78 is 10.9. The van der Waals surface area contributed by atoms with Crippen LogP contribution in [0.2, 0.25) is 15.1 Å². The molecule has 2 N–H and O–H groups in total. The summed E-state index contributed by atoms with van der Waals surface area (Å²) in [6.45, 7) is -0.186. The number of rotatable bonds is 8. The first kappa shape index (κ1) is 21.1. The van der Waals surface area contributed by atoms with E-state index in [-0.39, 0.29) is 36.1 Å². The number of carbonyl (C=O) groups excluding carboxylic acids is 2. The standard InChI is InChI=1S/C21H19Cl3N2O4/c22-13-1-3-14(4-2-13)29-8-18(27)25-20-10-21(11-20,12-20)26-19(28)9-30-15-5-6-16(23)17(24)7-15/h1-7H,8-12H2,(H,25,27)(H,26,28). The Bertz CT molecular complexity index is 961. The molecule has 2 amide bonds. The minimum absolute atomic E-state index is 0.0692. The summed E-state index contributed by atoms with van der Waals surface area (Å²) in [6, 6.07) is 11.7. The maximum Gasteiger partial charge on any atom is 0.258 e. The lowest BCUT2D eigenvalue weighted by Gasteiger charge is -2.70. The van der Waals surface area contributed by atoms with Crippen LogP contribution in [0.4, 0.5) is 0 Å². The third-order valence-electron chi connectivity index (χ3n) is 5.28. The summed E-state index contributed by atoms with van der Waals surface area (Å²) in [5.74, 6) is 0.652. The predicted octanol–water partition coefficient (Wildman–Crippen LogP) is 4.01. The zero-order valence-corrected chi connectivity index (χ0v) is 18.1. The second kappa shape index (κ2) is 8.17. The number of amides is 2. The van der Waals surface area contributed by atoms with Gasteiger partial charge in [-0.25, -0.2) is 0 Å². The number of hydrogen-bond donors (Lipinski definition) is 2. The normalized spacial score (nSPS) is 23.6. The molecule has 0 aromatic heterocycles. The number of hydrogen-bond acceptors (Lipinski definition) is 4. The van der Waals surface area contributed by atoms with Crippen molar-refractivity contribution in [3.05, 3.63) is 57.5 Å². The molecule has 0 aliphatic heterocycles. The molecule has 2 bridgehead atoms. The zero-order valence-electron chi connectivity index (χ0n) is 15.8. The van der Waals surface area contributed by atoms with Gasteiger partial charge in [-0.3, -0.25) is 9.59 Å². The van der Waals surface area contributed by atoms with E-state index in [9.17, 15) is 9.59 Å². The Kier molecular flexibility index (Phi) is 5.75. The molecule has 158 valence electrons. The average Bonchev–Trinajstić information content (AvgIpc) is 2.66. The van der Waals surface area contributed by atoms with Gasteiger partial charge in [-0.15, -0.1) is 0 Å². The molecule has 0 radical (unpaired) electrons. The van der Waals surface area contributed by atoms with E-state index in [2.05, 4.69) is 10.6 Å². The molecule has 9 heteroatoms. The maximum absolute atomic E-state index is 12.2. The largest absolute Gasteiger partial charge is 0.484 e. The number of carbonyl (C=O) groups is 2. The summed E-state index contributed by atoms with van der Waals surface area (Å²) in [6.07, 6.45) is 2.10. The van der Waals surface area contributed by atoms with Crippen LogP contribution in [0.1, 0.15) is 19.3 Å². The smallest absolute Gasteiger partial charge is 0.258 e. The van der Waals surface area contributed by atoms with Gasteiger partial charge in [-0.1, -0.05) is 34.8 Å². The molecule has 0 spiro atoms. The quantitative estimate of drug-likeness (QED) is 0.612. The van der Waals surface area contributed by atoms with Crippen LogP contribution < -0.4 is 20.1 Å². The first-order valence-electron chi connectivity index (χ1n) is 9.35. The van der Waals surface area contributed by atoms with Crippen molar-refractivity contribution in [3.8, 4) is 11.5 Å². The highest BCUT2D eigenvalue weighted by Gasteiger charge is 2.69. The molecular weight excluding hydrogens is 451 g/mol. The molecule has 3 aliphatic rings. The third kappa shape index (κ3) is 4.61. The lowest BCUT2D eigenvalue weighted by molar-refractivity contribution is -0.151. The molecule has 2 aromatic carbocycles. The third-order valence-corrected chi connectivity index (χ3v) is 6.28. The molecule has 0 saturated heterocycles. The van der Waals surface area contributed by atoms with Crippen molar-refractivity contribution in [3.63, 3.8) is 0 Å². The molecule has 3 aliphatic carbocycles. The van der Waals surface area contributed by atoms with Gasteiger partial charge in [0.1, 0.15) is 11.5 Å².